The minimum absolute atomic E-state index is 0.181. The summed E-state index contributed by atoms with van der Waals surface area (Å²) in [5, 5.41) is 0.925. The number of hydrogen-bond acceptors (Lipinski definition) is 5. The van der Waals surface area contributed by atoms with Gasteiger partial charge in [-0.2, -0.15) is 0 Å². The summed E-state index contributed by atoms with van der Waals surface area (Å²) in [5.41, 5.74) is 3.64. The average Bonchev–Trinajstić information content (AvgIpc) is 2.86. The van der Waals surface area contributed by atoms with E-state index < -0.39 is 0 Å². The zero-order valence-electron chi connectivity index (χ0n) is 19.5. The summed E-state index contributed by atoms with van der Waals surface area (Å²) >= 11 is 0. The van der Waals surface area contributed by atoms with Crippen LogP contribution in [-0.2, 0) is 13.0 Å². The highest BCUT2D eigenvalue weighted by Crippen LogP contribution is 2.28. The number of aromatic amines is 1. The molecular weight excluding hydrogens is 430 g/mol. The maximum absolute atomic E-state index is 13.3. The van der Waals surface area contributed by atoms with Crippen LogP contribution in [0.2, 0.25) is 0 Å². The number of aryl methyl sites for hydroxylation is 1. The van der Waals surface area contributed by atoms with Gasteiger partial charge < -0.3 is 19.4 Å². The summed E-state index contributed by atoms with van der Waals surface area (Å²) < 4.78 is 10.7. The molecule has 34 heavy (non-hydrogen) atoms. The Morgan fingerprint density at radius 2 is 1.85 bits per heavy atom. The molecule has 0 aliphatic carbocycles. The van der Waals surface area contributed by atoms with Crippen molar-refractivity contribution in [3.05, 3.63) is 99.6 Å². The summed E-state index contributed by atoms with van der Waals surface area (Å²) in [6, 6.07) is 16.9. The molecule has 0 saturated carbocycles. The number of carbonyl (C=O) groups excluding carboxylic acids is 1. The molecule has 0 fully saturated rings. The van der Waals surface area contributed by atoms with Gasteiger partial charge in [0.2, 0.25) is 0 Å². The van der Waals surface area contributed by atoms with Crippen LogP contribution in [0.15, 0.2) is 71.8 Å². The third-order valence-corrected chi connectivity index (χ3v) is 5.75. The lowest BCUT2D eigenvalue weighted by atomic mass is 10.1. The van der Waals surface area contributed by atoms with Gasteiger partial charge >= 0.3 is 0 Å². The number of benzene rings is 2. The number of fused-ring (bicyclic) bond motifs is 1. The molecule has 0 atom stereocenters. The Kier molecular flexibility index (Phi) is 6.92. The number of amides is 1. The standard InChI is InChI=1S/C27H27N3O4/c1-18-6-8-20-15-22(26(31)29-23(20)13-18)17-30(27(32)21-5-4-11-28-16-21)12-10-19-7-9-24(33-2)25(14-19)34-3/h4-9,11,13-16H,10,12,17H2,1-3H3,(H,29,31). The Morgan fingerprint density at radius 1 is 1.03 bits per heavy atom. The van der Waals surface area contributed by atoms with Crippen molar-refractivity contribution >= 4 is 16.8 Å². The number of nitrogens with zero attached hydrogens (tertiary/aromatic N) is 2. The number of aromatic nitrogens is 2. The highest BCUT2D eigenvalue weighted by molar-refractivity contribution is 5.94. The third kappa shape index (κ3) is 5.09. The maximum Gasteiger partial charge on any atom is 0.255 e. The van der Waals surface area contributed by atoms with Crippen LogP contribution in [0.4, 0.5) is 0 Å². The zero-order valence-corrected chi connectivity index (χ0v) is 19.5. The van der Waals surface area contributed by atoms with Crippen LogP contribution in [0.1, 0.15) is 27.0 Å². The molecule has 1 N–H and O–H groups in total. The van der Waals surface area contributed by atoms with Crippen molar-refractivity contribution < 1.29 is 14.3 Å². The van der Waals surface area contributed by atoms with Crippen molar-refractivity contribution in [3.8, 4) is 11.5 Å². The van der Waals surface area contributed by atoms with Crippen LogP contribution in [0, 0.1) is 6.92 Å². The number of hydrogen-bond donors (Lipinski definition) is 1. The number of carbonyl (C=O) groups is 1. The monoisotopic (exact) mass is 457 g/mol. The largest absolute Gasteiger partial charge is 0.493 e. The van der Waals surface area contributed by atoms with Gasteiger partial charge in [0.25, 0.3) is 11.5 Å². The first kappa shape index (κ1) is 23.0. The summed E-state index contributed by atoms with van der Waals surface area (Å²) in [7, 11) is 3.18. The van der Waals surface area contributed by atoms with Gasteiger partial charge in [-0.3, -0.25) is 14.6 Å². The fourth-order valence-corrected chi connectivity index (χ4v) is 3.91. The highest BCUT2D eigenvalue weighted by Gasteiger charge is 2.19. The molecule has 0 unspecified atom stereocenters. The molecule has 0 aliphatic rings. The lowest BCUT2D eigenvalue weighted by molar-refractivity contribution is 0.0744. The Hall–Kier alpha value is -4.13. The average molecular weight is 458 g/mol. The van der Waals surface area contributed by atoms with E-state index in [0.29, 0.717) is 35.6 Å². The number of rotatable bonds is 8. The molecule has 0 saturated heterocycles. The van der Waals surface area contributed by atoms with Crippen LogP contribution in [0.5, 0.6) is 11.5 Å². The summed E-state index contributed by atoms with van der Waals surface area (Å²) in [4.78, 5) is 34.9. The van der Waals surface area contributed by atoms with Gasteiger partial charge in [0.15, 0.2) is 11.5 Å². The van der Waals surface area contributed by atoms with Crippen LogP contribution >= 0.6 is 0 Å². The molecule has 2 aromatic carbocycles. The molecule has 1 amide bonds. The van der Waals surface area contributed by atoms with Crippen molar-refractivity contribution in [2.45, 2.75) is 19.9 Å². The molecule has 0 bridgehead atoms. The molecule has 4 aromatic rings. The topological polar surface area (TPSA) is 84.5 Å². The van der Waals surface area contributed by atoms with Crippen molar-refractivity contribution in [2.24, 2.45) is 0 Å². The lowest BCUT2D eigenvalue weighted by Crippen LogP contribution is -2.34. The van der Waals surface area contributed by atoms with Crippen molar-refractivity contribution in [3.63, 3.8) is 0 Å². The summed E-state index contributed by atoms with van der Waals surface area (Å²) in [6.45, 7) is 2.57. The van der Waals surface area contributed by atoms with Crippen LogP contribution < -0.4 is 15.0 Å². The predicted molar refractivity (Wildman–Crippen MR) is 132 cm³/mol. The SMILES string of the molecule is COc1ccc(CCN(Cc2cc3ccc(C)cc3[nH]c2=O)C(=O)c2cccnc2)cc1OC. The second-order valence-corrected chi connectivity index (χ2v) is 8.12. The quantitative estimate of drug-likeness (QED) is 0.430. The van der Waals surface area contributed by atoms with Crippen LogP contribution in [-0.4, -0.2) is 41.5 Å². The number of methoxy groups -OCH3 is 2. The Bertz CT molecular complexity index is 1370. The molecule has 0 radical (unpaired) electrons. The van der Waals surface area contributed by atoms with Gasteiger partial charge in [0.05, 0.1) is 26.3 Å². The molecular formula is C27H27N3O4. The molecule has 7 nitrogen and oxygen atoms in total. The molecule has 7 heteroatoms. The van der Waals surface area contributed by atoms with E-state index >= 15 is 0 Å². The molecule has 174 valence electrons. The number of pyridine rings is 2. The smallest absolute Gasteiger partial charge is 0.255 e. The minimum atomic E-state index is -0.201. The molecule has 2 aromatic heterocycles. The van der Waals surface area contributed by atoms with Crippen LogP contribution in [0.3, 0.4) is 0 Å². The number of H-pyrrole nitrogens is 1. The van der Waals surface area contributed by atoms with Gasteiger partial charge in [-0.15, -0.1) is 0 Å². The predicted octanol–water partition coefficient (Wildman–Crippen LogP) is 4.13. The molecule has 2 heterocycles. The molecule has 0 spiro atoms. The van der Waals surface area contributed by atoms with Gasteiger partial charge in [0, 0.05) is 30.0 Å². The Morgan fingerprint density at radius 3 is 2.59 bits per heavy atom. The fourth-order valence-electron chi connectivity index (χ4n) is 3.91. The van der Waals surface area contributed by atoms with E-state index in [1.807, 2.05) is 49.4 Å². The van der Waals surface area contributed by atoms with E-state index in [-0.39, 0.29) is 18.0 Å². The van der Waals surface area contributed by atoms with Gasteiger partial charge in [-0.25, -0.2) is 0 Å². The normalized spacial score (nSPS) is 10.8. The van der Waals surface area contributed by atoms with E-state index in [9.17, 15) is 9.59 Å². The lowest BCUT2D eigenvalue weighted by Gasteiger charge is -2.23. The molecule has 0 aliphatic heterocycles. The van der Waals surface area contributed by atoms with E-state index in [2.05, 4.69) is 9.97 Å². The van der Waals surface area contributed by atoms with E-state index in [4.69, 9.17) is 9.47 Å². The summed E-state index contributed by atoms with van der Waals surface area (Å²) in [5.74, 6) is 1.09. The van der Waals surface area contributed by atoms with E-state index in [1.54, 1.807) is 43.6 Å². The fraction of sp³-hybridized carbons (Fsp3) is 0.222. The zero-order chi connectivity index (χ0) is 24.1. The maximum atomic E-state index is 13.3. The Balaban J connectivity index is 1.63. The highest BCUT2D eigenvalue weighted by atomic mass is 16.5. The second-order valence-electron chi connectivity index (χ2n) is 8.12. The number of ether oxygens (including phenoxy) is 2. The first-order valence-corrected chi connectivity index (χ1v) is 11.0. The van der Waals surface area contributed by atoms with E-state index in [1.165, 1.54) is 0 Å². The van der Waals surface area contributed by atoms with Crippen molar-refractivity contribution in [2.75, 3.05) is 20.8 Å². The Labute approximate surface area is 198 Å². The first-order chi connectivity index (χ1) is 16.5. The molecule has 4 rings (SSSR count). The third-order valence-electron chi connectivity index (χ3n) is 5.75. The van der Waals surface area contributed by atoms with Crippen LogP contribution in [0.25, 0.3) is 10.9 Å². The minimum Gasteiger partial charge on any atom is -0.493 e. The first-order valence-electron chi connectivity index (χ1n) is 11.0. The van der Waals surface area contributed by atoms with Crippen molar-refractivity contribution in [1.82, 2.24) is 14.9 Å². The van der Waals surface area contributed by atoms with Gasteiger partial charge in [-0.05, 0) is 66.3 Å². The number of nitrogens with one attached hydrogen (secondary N) is 1. The van der Waals surface area contributed by atoms with Gasteiger partial charge in [0.1, 0.15) is 0 Å². The van der Waals surface area contributed by atoms with Crippen molar-refractivity contribution in [1.29, 1.82) is 0 Å². The van der Waals surface area contributed by atoms with E-state index in [0.717, 1.165) is 22.0 Å². The summed E-state index contributed by atoms with van der Waals surface area (Å²) in [6.07, 6.45) is 3.75. The van der Waals surface area contributed by atoms with Gasteiger partial charge in [-0.1, -0.05) is 18.2 Å². The second kappa shape index (κ2) is 10.2.